The van der Waals surface area contributed by atoms with E-state index in [4.69, 9.17) is 14.2 Å². The van der Waals surface area contributed by atoms with Crippen LogP contribution in [0.1, 0.15) is 18.9 Å². The molecule has 0 spiro atoms. The first-order chi connectivity index (χ1) is 13.0. The lowest BCUT2D eigenvalue weighted by Gasteiger charge is -2.18. The molecule has 144 valence electrons. The van der Waals surface area contributed by atoms with Gasteiger partial charge in [0.05, 0.1) is 7.11 Å². The fourth-order valence-electron chi connectivity index (χ4n) is 2.23. The second-order valence-electron chi connectivity index (χ2n) is 5.78. The molecule has 2 aromatic rings. The molecule has 0 fully saturated rings. The van der Waals surface area contributed by atoms with Crippen LogP contribution in [-0.2, 0) is 9.59 Å². The van der Waals surface area contributed by atoms with E-state index in [0.717, 1.165) is 5.56 Å². The Hall–Kier alpha value is -3.22. The van der Waals surface area contributed by atoms with Crippen molar-refractivity contribution in [3.05, 3.63) is 54.1 Å². The number of hydrogen-bond acceptors (Lipinski definition) is 5. The highest BCUT2D eigenvalue weighted by atomic mass is 16.5. The molecule has 2 N–H and O–H groups in total. The van der Waals surface area contributed by atoms with E-state index in [0.29, 0.717) is 23.7 Å². The second-order valence-corrected chi connectivity index (χ2v) is 5.78. The van der Waals surface area contributed by atoms with Gasteiger partial charge >= 0.3 is 0 Å². The Kier molecular flexibility index (Phi) is 7.49. The highest BCUT2D eigenvalue weighted by Gasteiger charge is 2.19. The Morgan fingerprint density at radius 3 is 2.30 bits per heavy atom. The fourth-order valence-corrected chi connectivity index (χ4v) is 2.23. The number of amides is 2. The van der Waals surface area contributed by atoms with Crippen LogP contribution in [0.4, 0.5) is 0 Å². The van der Waals surface area contributed by atoms with Gasteiger partial charge in [-0.05, 0) is 49.2 Å². The van der Waals surface area contributed by atoms with Crippen molar-refractivity contribution in [3.63, 3.8) is 0 Å². The largest absolute Gasteiger partial charge is 0.497 e. The van der Waals surface area contributed by atoms with Gasteiger partial charge < -0.3 is 14.2 Å². The predicted molar refractivity (Wildman–Crippen MR) is 101 cm³/mol. The summed E-state index contributed by atoms with van der Waals surface area (Å²) in [4.78, 5) is 24.1. The molecule has 2 amide bonds. The van der Waals surface area contributed by atoms with Crippen LogP contribution in [0.15, 0.2) is 48.5 Å². The third-order valence-corrected chi connectivity index (χ3v) is 3.78. The molecule has 1 atom stereocenters. The van der Waals surface area contributed by atoms with Crippen molar-refractivity contribution < 1.29 is 23.8 Å². The maximum absolute atomic E-state index is 12.2. The van der Waals surface area contributed by atoms with Crippen LogP contribution in [0.2, 0.25) is 0 Å². The standard InChI is InChI=1S/C20H24N2O5/c1-4-17(27-18-8-6-5-7-14(18)2)20(24)22-21-19(23)13-26-16-11-9-15(25-3)10-12-16/h5-12,17H,4,13H2,1-3H3,(H,21,23)(H,22,24). The molecule has 7 heteroatoms. The fraction of sp³-hybridized carbons (Fsp3) is 0.300. The second kappa shape index (κ2) is 10.1. The van der Waals surface area contributed by atoms with Gasteiger partial charge in [-0.25, -0.2) is 0 Å². The number of hydrazine groups is 1. The summed E-state index contributed by atoms with van der Waals surface area (Å²) in [6.07, 6.45) is -0.257. The van der Waals surface area contributed by atoms with E-state index >= 15 is 0 Å². The summed E-state index contributed by atoms with van der Waals surface area (Å²) in [6, 6.07) is 14.3. The van der Waals surface area contributed by atoms with Crippen LogP contribution in [-0.4, -0.2) is 31.6 Å². The van der Waals surface area contributed by atoms with E-state index < -0.39 is 17.9 Å². The summed E-state index contributed by atoms with van der Waals surface area (Å²) in [6.45, 7) is 3.50. The lowest BCUT2D eigenvalue weighted by atomic mass is 10.2. The molecule has 27 heavy (non-hydrogen) atoms. The Morgan fingerprint density at radius 1 is 1.00 bits per heavy atom. The van der Waals surface area contributed by atoms with E-state index in [1.807, 2.05) is 32.0 Å². The number of nitrogens with one attached hydrogen (secondary N) is 2. The van der Waals surface area contributed by atoms with E-state index in [-0.39, 0.29) is 6.61 Å². The molecule has 0 saturated carbocycles. The van der Waals surface area contributed by atoms with Crippen molar-refractivity contribution in [2.75, 3.05) is 13.7 Å². The maximum Gasteiger partial charge on any atom is 0.279 e. The zero-order chi connectivity index (χ0) is 19.6. The van der Waals surface area contributed by atoms with Crippen molar-refractivity contribution >= 4 is 11.8 Å². The van der Waals surface area contributed by atoms with Gasteiger partial charge in [0.25, 0.3) is 11.8 Å². The molecule has 0 aliphatic carbocycles. The van der Waals surface area contributed by atoms with Crippen LogP contribution in [0.5, 0.6) is 17.2 Å². The SMILES string of the molecule is CCC(Oc1ccccc1C)C(=O)NNC(=O)COc1ccc(OC)cc1. The zero-order valence-electron chi connectivity index (χ0n) is 15.7. The predicted octanol–water partition coefficient (Wildman–Crippen LogP) is 2.39. The highest BCUT2D eigenvalue weighted by Crippen LogP contribution is 2.19. The molecule has 7 nitrogen and oxygen atoms in total. The van der Waals surface area contributed by atoms with E-state index in [1.165, 1.54) is 0 Å². The molecule has 0 aromatic heterocycles. The van der Waals surface area contributed by atoms with Crippen LogP contribution < -0.4 is 25.1 Å². The van der Waals surface area contributed by atoms with E-state index in [2.05, 4.69) is 10.9 Å². The summed E-state index contributed by atoms with van der Waals surface area (Å²) in [5, 5.41) is 0. The Bertz CT molecular complexity index is 761. The smallest absolute Gasteiger partial charge is 0.279 e. The number of carbonyl (C=O) groups is 2. The van der Waals surface area contributed by atoms with Gasteiger partial charge in [0.15, 0.2) is 12.7 Å². The monoisotopic (exact) mass is 372 g/mol. The highest BCUT2D eigenvalue weighted by molar-refractivity contribution is 5.85. The molecule has 0 aliphatic heterocycles. The number of ether oxygens (including phenoxy) is 3. The van der Waals surface area contributed by atoms with E-state index in [1.54, 1.807) is 37.4 Å². The number of hydrogen-bond donors (Lipinski definition) is 2. The number of benzene rings is 2. The molecule has 0 saturated heterocycles. The Labute approximate surface area is 158 Å². The van der Waals surface area contributed by atoms with Crippen molar-refractivity contribution in [2.24, 2.45) is 0 Å². The van der Waals surface area contributed by atoms with Gasteiger partial charge in [-0.1, -0.05) is 25.1 Å². The summed E-state index contributed by atoms with van der Waals surface area (Å²) in [5.41, 5.74) is 5.62. The molecule has 2 aromatic carbocycles. The molecule has 1 unspecified atom stereocenters. The van der Waals surface area contributed by atoms with Gasteiger partial charge in [-0.2, -0.15) is 0 Å². The summed E-state index contributed by atoms with van der Waals surface area (Å²) >= 11 is 0. The minimum Gasteiger partial charge on any atom is -0.497 e. The van der Waals surface area contributed by atoms with Crippen LogP contribution in [0.3, 0.4) is 0 Å². The van der Waals surface area contributed by atoms with Crippen LogP contribution in [0.25, 0.3) is 0 Å². The number of para-hydroxylation sites is 1. The third-order valence-electron chi connectivity index (χ3n) is 3.78. The Morgan fingerprint density at radius 2 is 1.67 bits per heavy atom. The van der Waals surface area contributed by atoms with Crippen LogP contribution in [0, 0.1) is 6.92 Å². The van der Waals surface area contributed by atoms with Crippen molar-refractivity contribution in [1.29, 1.82) is 0 Å². The summed E-state index contributed by atoms with van der Waals surface area (Å²) < 4.78 is 16.1. The first-order valence-corrected chi connectivity index (χ1v) is 8.61. The summed E-state index contributed by atoms with van der Waals surface area (Å²) in [5.74, 6) is 0.932. The number of rotatable bonds is 8. The van der Waals surface area contributed by atoms with Crippen molar-refractivity contribution in [1.82, 2.24) is 10.9 Å². The first kappa shape index (κ1) is 20.1. The van der Waals surface area contributed by atoms with Gasteiger partial charge in [-0.3, -0.25) is 20.4 Å². The zero-order valence-corrected chi connectivity index (χ0v) is 15.7. The normalized spacial score (nSPS) is 11.2. The lowest BCUT2D eigenvalue weighted by molar-refractivity contribution is -0.134. The van der Waals surface area contributed by atoms with Crippen LogP contribution >= 0.6 is 0 Å². The minimum absolute atomic E-state index is 0.234. The topological polar surface area (TPSA) is 85.9 Å². The van der Waals surface area contributed by atoms with Gasteiger partial charge in [-0.15, -0.1) is 0 Å². The number of aryl methyl sites for hydroxylation is 1. The van der Waals surface area contributed by atoms with E-state index in [9.17, 15) is 9.59 Å². The lowest BCUT2D eigenvalue weighted by Crippen LogP contribution is -2.49. The van der Waals surface area contributed by atoms with Crippen molar-refractivity contribution in [2.45, 2.75) is 26.4 Å². The molecule has 0 bridgehead atoms. The van der Waals surface area contributed by atoms with Crippen molar-refractivity contribution in [3.8, 4) is 17.2 Å². The molecule has 0 aliphatic rings. The molecular weight excluding hydrogens is 348 g/mol. The van der Waals surface area contributed by atoms with Gasteiger partial charge in [0.2, 0.25) is 0 Å². The number of carbonyl (C=O) groups excluding carboxylic acids is 2. The minimum atomic E-state index is -0.714. The maximum atomic E-state index is 12.2. The molecular formula is C20H24N2O5. The summed E-state index contributed by atoms with van der Waals surface area (Å²) in [7, 11) is 1.57. The molecule has 0 radical (unpaired) electrons. The van der Waals surface area contributed by atoms with Gasteiger partial charge in [0, 0.05) is 0 Å². The average molecular weight is 372 g/mol. The van der Waals surface area contributed by atoms with Gasteiger partial charge in [0.1, 0.15) is 17.2 Å². The third kappa shape index (κ3) is 6.22. The Balaban J connectivity index is 1.78. The number of methoxy groups -OCH3 is 1. The molecule has 0 heterocycles. The first-order valence-electron chi connectivity index (χ1n) is 8.61. The quantitative estimate of drug-likeness (QED) is 0.695. The molecule has 2 rings (SSSR count). The average Bonchev–Trinajstić information content (AvgIpc) is 2.70.